The Labute approximate surface area is 304 Å². The Balaban J connectivity index is 1.03. The molecule has 0 aliphatic carbocycles. The highest BCUT2D eigenvalue weighted by Crippen LogP contribution is 2.38. The first-order chi connectivity index (χ1) is 26.3. The molecule has 0 aliphatic heterocycles. The molecule has 11 rings (SSSR count). The Morgan fingerprint density at radius 3 is 1.43 bits per heavy atom. The smallest absolute Gasteiger partial charge is 0.234 e. The second kappa shape index (κ2) is 11.6. The lowest BCUT2D eigenvalue weighted by atomic mass is 10.0. The van der Waals surface area contributed by atoms with Gasteiger partial charge in [0, 0.05) is 45.3 Å². The van der Waals surface area contributed by atoms with Gasteiger partial charge < -0.3 is 4.57 Å². The molecule has 0 spiro atoms. The van der Waals surface area contributed by atoms with Crippen LogP contribution in [0.15, 0.2) is 182 Å². The van der Waals surface area contributed by atoms with E-state index in [1.54, 1.807) is 0 Å². The van der Waals surface area contributed by atoms with Crippen LogP contribution in [0.3, 0.4) is 0 Å². The molecular weight excluding hydrogens is 649 g/mol. The van der Waals surface area contributed by atoms with Crippen molar-refractivity contribution in [1.82, 2.24) is 28.7 Å². The van der Waals surface area contributed by atoms with Crippen molar-refractivity contribution in [2.75, 3.05) is 0 Å². The lowest BCUT2D eigenvalue weighted by molar-refractivity contribution is 0.982. The van der Waals surface area contributed by atoms with Crippen molar-refractivity contribution >= 4 is 54.6 Å². The zero-order valence-electron chi connectivity index (χ0n) is 28.5. The fourth-order valence-electron chi connectivity index (χ4n) is 7.99. The van der Waals surface area contributed by atoms with Crippen LogP contribution in [-0.2, 0) is 0 Å². The first-order valence-electron chi connectivity index (χ1n) is 17.8. The Hall–Kier alpha value is -7.31. The molecule has 0 unspecified atom stereocenters. The maximum atomic E-state index is 5.02. The van der Waals surface area contributed by atoms with Crippen LogP contribution in [-0.4, -0.2) is 28.7 Å². The molecule has 6 nitrogen and oxygen atoms in total. The summed E-state index contributed by atoms with van der Waals surface area (Å²) in [6.07, 6.45) is 3.78. The van der Waals surface area contributed by atoms with E-state index in [1.165, 1.54) is 27.4 Å². The number of nitrogens with zero attached hydrogens (tertiary/aromatic N) is 6. The van der Waals surface area contributed by atoms with Gasteiger partial charge >= 0.3 is 0 Å². The summed E-state index contributed by atoms with van der Waals surface area (Å²) in [6, 6.07) is 59.8. The number of hydrogen-bond acceptors (Lipinski definition) is 3. The molecule has 11 aromatic rings. The van der Waals surface area contributed by atoms with Gasteiger partial charge in [0.05, 0.1) is 38.7 Å². The molecule has 0 fully saturated rings. The van der Waals surface area contributed by atoms with Crippen LogP contribution in [0.2, 0.25) is 0 Å². The average Bonchev–Trinajstić information content (AvgIpc) is 3.89. The first-order valence-corrected chi connectivity index (χ1v) is 17.8. The van der Waals surface area contributed by atoms with Crippen molar-refractivity contribution in [3.8, 4) is 39.8 Å². The van der Waals surface area contributed by atoms with Crippen LogP contribution in [0.25, 0.3) is 94.5 Å². The summed E-state index contributed by atoms with van der Waals surface area (Å²) in [5.41, 5.74) is 11.9. The first kappa shape index (κ1) is 29.4. The SMILES string of the molecule is c1ccc(-n2c(-c3cnc(-n4c5ccccc5c5cc(-c6ccc7c(c6)c6ccccc6n7-c6ccccc6)ccc54)nc3)nc3ccccc32)cc1. The minimum atomic E-state index is 0.616. The summed E-state index contributed by atoms with van der Waals surface area (Å²) in [5, 5.41) is 4.79. The molecule has 0 saturated heterocycles. The molecule has 248 valence electrons. The van der Waals surface area contributed by atoms with Gasteiger partial charge in [-0.3, -0.25) is 9.13 Å². The summed E-state index contributed by atoms with van der Waals surface area (Å²) in [5.74, 6) is 1.42. The molecule has 0 atom stereocenters. The van der Waals surface area contributed by atoms with Gasteiger partial charge in [0.25, 0.3) is 0 Å². The molecule has 4 heterocycles. The highest BCUT2D eigenvalue weighted by molar-refractivity contribution is 6.12. The second-order valence-electron chi connectivity index (χ2n) is 13.4. The maximum Gasteiger partial charge on any atom is 0.234 e. The van der Waals surface area contributed by atoms with Crippen molar-refractivity contribution < 1.29 is 0 Å². The molecule has 4 aromatic heterocycles. The minimum absolute atomic E-state index is 0.616. The van der Waals surface area contributed by atoms with Gasteiger partial charge in [0.1, 0.15) is 5.82 Å². The number of fused-ring (bicyclic) bond motifs is 7. The Morgan fingerprint density at radius 2 is 0.811 bits per heavy atom. The number of imidazole rings is 1. The van der Waals surface area contributed by atoms with Gasteiger partial charge in [-0.25, -0.2) is 15.0 Å². The number of benzene rings is 7. The third-order valence-corrected chi connectivity index (χ3v) is 10.4. The highest BCUT2D eigenvalue weighted by atomic mass is 15.2. The van der Waals surface area contributed by atoms with Gasteiger partial charge in [-0.05, 0) is 83.9 Å². The van der Waals surface area contributed by atoms with E-state index in [-0.39, 0.29) is 0 Å². The zero-order chi connectivity index (χ0) is 34.9. The van der Waals surface area contributed by atoms with Crippen LogP contribution in [0.1, 0.15) is 0 Å². The average molecular weight is 679 g/mol. The fourth-order valence-corrected chi connectivity index (χ4v) is 7.99. The third-order valence-electron chi connectivity index (χ3n) is 10.4. The predicted molar refractivity (Wildman–Crippen MR) is 216 cm³/mol. The second-order valence-corrected chi connectivity index (χ2v) is 13.4. The standard InChI is InChI=1S/C47H30N6/c1-3-13-34(14-4-1)51-41-20-10-7-17-36(41)38-27-31(23-25-43(38)51)32-24-26-44-39(28-32)37-18-8-11-21-42(37)53(44)47-48-29-33(30-49-47)46-50-40-19-9-12-22-45(40)52(46)35-15-5-2-6-16-35/h1-30H. The van der Waals surface area contributed by atoms with Gasteiger partial charge in [0.2, 0.25) is 5.95 Å². The van der Waals surface area contributed by atoms with Crippen LogP contribution >= 0.6 is 0 Å². The van der Waals surface area contributed by atoms with Gasteiger partial charge in [0.15, 0.2) is 0 Å². The summed E-state index contributed by atoms with van der Waals surface area (Å²) >= 11 is 0. The van der Waals surface area contributed by atoms with Crippen molar-refractivity contribution in [1.29, 1.82) is 0 Å². The van der Waals surface area contributed by atoms with E-state index in [9.17, 15) is 0 Å². The summed E-state index contributed by atoms with van der Waals surface area (Å²) in [7, 11) is 0. The lowest BCUT2D eigenvalue weighted by Gasteiger charge is -2.10. The van der Waals surface area contributed by atoms with Crippen LogP contribution in [0, 0.1) is 0 Å². The topological polar surface area (TPSA) is 53.5 Å². The Morgan fingerprint density at radius 1 is 0.340 bits per heavy atom. The van der Waals surface area contributed by atoms with E-state index in [4.69, 9.17) is 15.0 Å². The lowest BCUT2D eigenvalue weighted by Crippen LogP contribution is -2.02. The predicted octanol–water partition coefficient (Wildman–Crippen LogP) is 11.3. The molecule has 0 saturated carbocycles. The quantitative estimate of drug-likeness (QED) is 0.182. The molecule has 6 heteroatoms. The molecule has 0 bridgehead atoms. The van der Waals surface area contributed by atoms with Crippen molar-refractivity contribution in [3.05, 3.63) is 182 Å². The fraction of sp³-hybridized carbons (Fsp3) is 0. The maximum absolute atomic E-state index is 5.02. The molecule has 0 N–H and O–H groups in total. The number of para-hydroxylation sites is 6. The largest absolute Gasteiger partial charge is 0.309 e. The van der Waals surface area contributed by atoms with Crippen LogP contribution < -0.4 is 0 Å². The Kier molecular flexibility index (Phi) is 6.45. The van der Waals surface area contributed by atoms with E-state index >= 15 is 0 Å². The normalized spacial score (nSPS) is 11.8. The molecule has 0 aliphatic rings. The Bertz CT molecular complexity index is 3150. The van der Waals surface area contributed by atoms with E-state index in [0.29, 0.717) is 5.95 Å². The van der Waals surface area contributed by atoms with Crippen molar-refractivity contribution in [3.63, 3.8) is 0 Å². The molecular formula is C47H30N6. The zero-order valence-corrected chi connectivity index (χ0v) is 28.5. The minimum Gasteiger partial charge on any atom is -0.309 e. The summed E-state index contributed by atoms with van der Waals surface area (Å²) in [4.78, 5) is 15.0. The summed E-state index contributed by atoms with van der Waals surface area (Å²) in [6.45, 7) is 0. The van der Waals surface area contributed by atoms with Gasteiger partial charge in [-0.2, -0.15) is 0 Å². The van der Waals surface area contributed by atoms with Gasteiger partial charge in [-0.1, -0.05) is 97.1 Å². The van der Waals surface area contributed by atoms with Crippen molar-refractivity contribution in [2.45, 2.75) is 0 Å². The molecule has 7 aromatic carbocycles. The number of aromatic nitrogens is 6. The van der Waals surface area contributed by atoms with Crippen LogP contribution in [0.4, 0.5) is 0 Å². The monoisotopic (exact) mass is 678 g/mol. The van der Waals surface area contributed by atoms with Crippen molar-refractivity contribution in [2.24, 2.45) is 0 Å². The highest BCUT2D eigenvalue weighted by Gasteiger charge is 2.19. The summed E-state index contributed by atoms with van der Waals surface area (Å²) < 4.78 is 6.69. The third kappa shape index (κ3) is 4.56. The van der Waals surface area contributed by atoms with Crippen LogP contribution in [0.5, 0.6) is 0 Å². The molecule has 0 amide bonds. The van der Waals surface area contributed by atoms with E-state index < -0.39 is 0 Å². The van der Waals surface area contributed by atoms with E-state index in [1.807, 2.05) is 48.8 Å². The number of hydrogen-bond donors (Lipinski definition) is 0. The number of rotatable bonds is 5. The van der Waals surface area contributed by atoms with E-state index in [0.717, 1.165) is 61.2 Å². The molecule has 0 radical (unpaired) electrons. The van der Waals surface area contributed by atoms with E-state index in [2.05, 4.69) is 147 Å². The van der Waals surface area contributed by atoms with Gasteiger partial charge in [-0.15, -0.1) is 0 Å². The molecule has 53 heavy (non-hydrogen) atoms.